The first kappa shape index (κ1) is 22.5. The van der Waals surface area contributed by atoms with E-state index >= 15 is 0 Å². The average Bonchev–Trinajstić information content (AvgIpc) is 3.39. The smallest absolute Gasteiger partial charge is 0.265 e. The number of fused-ring (bicyclic) bond motifs is 1. The van der Waals surface area contributed by atoms with Gasteiger partial charge in [-0.05, 0) is 49.4 Å². The lowest BCUT2D eigenvalue weighted by Gasteiger charge is -2.33. The Hall–Kier alpha value is -4.24. The number of benzene rings is 2. The normalized spacial score (nSPS) is 13.5. The number of nitrogens with one attached hydrogen (secondary N) is 1. The number of aromatic nitrogens is 2. The monoisotopic (exact) mass is 486 g/mol. The van der Waals surface area contributed by atoms with Crippen molar-refractivity contribution >= 4 is 34.5 Å². The maximum absolute atomic E-state index is 13.1. The summed E-state index contributed by atoms with van der Waals surface area (Å²) in [6, 6.07) is 17.5. The Bertz CT molecular complexity index is 1390. The molecule has 0 fully saturated rings. The molecule has 9 heteroatoms. The van der Waals surface area contributed by atoms with Gasteiger partial charge >= 0.3 is 0 Å². The number of methoxy groups -OCH3 is 1. The Kier molecular flexibility index (Phi) is 6.15. The number of hydrogen-bond donors (Lipinski definition) is 1. The Morgan fingerprint density at radius 3 is 2.77 bits per heavy atom. The molecule has 8 nitrogen and oxygen atoms in total. The van der Waals surface area contributed by atoms with Gasteiger partial charge in [0, 0.05) is 17.1 Å². The first-order valence-corrected chi connectivity index (χ1v) is 11.8. The van der Waals surface area contributed by atoms with Gasteiger partial charge in [0.15, 0.2) is 6.61 Å². The summed E-state index contributed by atoms with van der Waals surface area (Å²) in [4.78, 5) is 36.6. The first-order chi connectivity index (χ1) is 17.0. The molecule has 1 N–H and O–H groups in total. The van der Waals surface area contributed by atoms with Crippen molar-refractivity contribution < 1.29 is 19.1 Å². The number of hydrogen-bond acceptors (Lipinski definition) is 7. The molecule has 4 aromatic rings. The van der Waals surface area contributed by atoms with Crippen LogP contribution in [0.25, 0.3) is 22.0 Å². The van der Waals surface area contributed by atoms with Crippen LogP contribution in [0.15, 0.2) is 72.2 Å². The zero-order valence-electron chi connectivity index (χ0n) is 19.1. The highest BCUT2D eigenvalue weighted by atomic mass is 32.1. The quantitative estimate of drug-likeness (QED) is 0.427. The number of pyridine rings is 1. The van der Waals surface area contributed by atoms with Crippen LogP contribution in [-0.4, -0.2) is 41.5 Å². The van der Waals surface area contributed by atoms with Crippen LogP contribution >= 0.6 is 11.3 Å². The molecule has 3 heterocycles. The molecular formula is C26H22N4O4S. The topological polar surface area (TPSA) is 93.7 Å². The van der Waals surface area contributed by atoms with E-state index in [0.717, 1.165) is 22.0 Å². The van der Waals surface area contributed by atoms with E-state index in [1.54, 1.807) is 37.4 Å². The van der Waals surface area contributed by atoms with E-state index in [1.165, 1.54) is 23.3 Å². The predicted octanol–water partition coefficient (Wildman–Crippen LogP) is 4.63. The number of thiazole rings is 1. The zero-order chi connectivity index (χ0) is 24.4. The number of ether oxygens (including phenoxy) is 2. The maximum Gasteiger partial charge on any atom is 0.265 e. The molecule has 2 aromatic carbocycles. The van der Waals surface area contributed by atoms with E-state index in [4.69, 9.17) is 14.5 Å². The van der Waals surface area contributed by atoms with Gasteiger partial charge in [0.1, 0.15) is 22.5 Å². The molecule has 0 aliphatic carbocycles. The lowest BCUT2D eigenvalue weighted by Crippen LogP contribution is -2.49. The number of nitrogens with zero attached hydrogens (tertiary/aromatic N) is 3. The van der Waals surface area contributed by atoms with Crippen molar-refractivity contribution in [3.63, 3.8) is 0 Å². The minimum absolute atomic E-state index is 0.140. The number of para-hydroxylation sites is 2. The van der Waals surface area contributed by atoms with Crippen molar-refractivity contribution in [2.24, 2.45) is 0 Å². The highest BCUT2D eigenvalue weighted by molar-refractivity contribution is 7.13. The molecule has 1 unspecified atom stereocenters. The summed E-state index contributed by atoms with van der Waals surface area (Å²) >= 11 is 1.49. The summed E-state index contributed by atoms with van der Waals surface area (Å²) in [5.41, 5.74) is 3.41. The Labute approximate surface area is 206 Å². The van der Waals surface area contributed by atoms with E-state index in [2.05, 4.69) is 10.3 Å². The van der Waals surface area contributed by atoms with Crippen molar-refractivity contribution in [1.82, 2.24) is 9.97 Å². The summed E-state index contributed by atoms with van der Waals surface area (Å²) in [6.45, 7) is 1.55. The molecule has 0 saturated carbocycles. The van der Waals surface area contributed by atoms with E-state index in [0.29, 0.717) is 22.9 Å². The number of anilines is 2. The molecule has 1 aliphatic rings. The molecule has 2 aromatic heterocycles. The summed E-state index contributed by atoms with van der Waals surface area (Å²) in [7, 11) is 1.54. The average molecular weight is 487 g/mol. The summed E-state index contributed by atoms with van der Waals surface area (Å²) in [5, 5.41) is 5.60. The minimum Gasteiger partial charge on any atom is -0.495 e. The zero-order valence-corrected chi connectivity index (χ0v) is 19.9. The van der Waals surface area contributed by atoms with Gasteiger partial charge < -0.3 is 14.8 Å². The molecule has 0 radical (unpaired) electrons. The predicted molar refractivity (Wildman–Crippen MR) is 135 cm³/mol. The SMILES string of the molecule is COc1ccccc1NC(=O)C(C)N1C(=O)COc2ccc(-c3csc(-c4ccccn4)n3)cc21. The van der Waals surface area contributed by atoms with Crippen molar-refractivity contribution in [1.29, 1.82) is 0 Å². The van der Waals surface area contributed by atoms with Gasteiger partial charge in [-0.3, -0.25) is 19.5 Å². The van der Waals surface area contributed by atoms with Crippen molar-refractivity contribution in [2.45, 2.75) is 13.0 Å². The second-order valence-electron chi connectivity index (χ2n) is 7.85. The summed E-state index contributed by atoms with van der Waals surface area (Å²) in [6.07, 6.45) is 1.73. The molecule has 0 spiro atoms. The highest BCUT2D eigenvalue weighted by Crippen LogP contribution is 2.38. The van der Waals surface area contributed by atoms with Crippen molar-refractivity contribution in [3.05, 3.63) is 72.2 Å². The molecule has 2 amide bonds. The van der Waals surface area contributed by atoms with Crippen LogP contribution in [-0.2, 0) is 9.59 Å². The Balaban J connectivity index is 1.44. The molecule has 5 rings (SSSR count). The standard InChI is InChI=1S/C26H22N4O4S/c1-16(25(32)28-18-7-3-4-9-22(18)33-2)30-21-13-17(10-11-23(21)34-14-24(30)31)20-15-35-26(29-20)19-8-5-6-12-27-19/h3-13,15-16H,14H2,1-2H3,(H,28,32). The van der Waals surface area contributed by atoms with Crippen LogP contribution in [0.3, 0.4) is 0 Å². The van der Waals surface area contributed by atoms with Crippen LogP contribution in [0.1, 0.15) is 6.92 Å². The number of rotatable bonds is 6. The number of carbonyl (C=O) groups excluding carboxylic acids is 2. The second kappa shape index (κ2) is 9.55. The van der Waals surface area contributed by atoms with Crippen LogP contribution in [0.5, 0.6) is 11.5 Å². The van der Waals surface area contributed by atoms with Crippen molar-refractivity contribution in [3.8, 4) is 33.5 Å². The fourth-order valence-electron chi connectivity index (χ4n) is 3.87. The van der Waals surface area contributed by atoms with E-state index in [9.17, 15) is 9.59 Å². The summed E-state index contributed by atoms with van der Waals surface area (Å²) < 4.78 is 11.0. The lowest BCUT2D eigenvalue weighted by molar-refractivity contribution is -0.125. The molecule has 1 atom stereocenters. The number of amides is 2. The highest BCUT2D eigenvalue weighted by Gasteiger charge is 2.33. The summed E-state index contributed by atoms with van der Waals surface area (Å²) in [5.74, 6) is 0.429. The van der Waals surface area contributed by atoms with Crippen molar-refractivity contribution in [2.75, 3.05) is 23.9 Å². The van der Waals surface area contributed by atoms with Crippen LogP contribution < -0.4 is 19.7 Å². The van der Waals surface area contributed by atoms with Crippen LogP contribution in [0.2, 0.25) is 0 Å². The van der Waals surface area contributed by atoms with Gasteiger partial charge in [-0.2, -0.15) is 0 Å². The third-order valence-corrected chi connectivity index (χ3v) is 6.52. The van der Waals surface area contributed by atoms with Gasteiger partial charge in [0.25, 0.3) is 5.91 Å². The lowest BCUT2D eigenvalue weighted by atomic mass is 10.1. The molecule has 1 aliphatic heterocycles. The van der Waals surface area contributed by atoms with Gasteiger partial charge in [-0.15, -0.1) is 11.3 Å². The molecule has 0 bridgehead atoms. The molecular weight excluding hydrogens is 464 g/mol. The minimum atomic E-state index is -0.787. The largest absolute Gasteiger partial charge is 0.495 e. The van der Waals surface area contributed by atoms with Gasteiger partial charge in [0.05, 0.1) is 29.9 Å². The van der Waals surface area contributed by atoms with Crippen LogP contribution in [0.4, 0.5) is 11.4 Å². The third kappa shape index (κ3) is 4.45. The van der Waals surface area contributed by atoms with Crippen LogP contribution in [0, 0.1) is 0 Å². The fourth-order valence-corrected chi connectivity index (χ4v) is 4.68. The third-order valence-electron chi connectivity index (χ3n) is 5.65. The molecule has 0 saturated heterocycles. The van der Waals surface area contributed by atoms with E-state index < -0.39 is 6.04 Å². The van der Waals surface area contributed by atoms with Gasteiger partial charge in [-0.25, -0.2) is 4.98 Å². The molecule has 176 valence electrons. The Morgan fingerprint density at radius 1 is 1.14 bits per heavy atom. The van der Waals surface area contributed by atoms with Gasteiger partial charge in [-0.1, -0.05) is 18.2 Å². The van der Waals surface area contributed by atoms with Gasteiger partial charge in [0.2, 0.25) is 5.91 Å². The first-order valence-electron chi connectivity index (χ1n) is 10.9. The maximum atomic E-state index is 13.1. The Morgan fingerprint density at radius 2 is 1.97 bits per heavy atom. The fraction of sp³-hybridized carbons (Fsp3) is 0.154. The van der Waals surface area contributed by atoms with E-state index in [-0.39, 0.29) is 18.4 Å². The number of carbonyl (C=O) groups is 2. The molecule has 35 heavy (non-hydrogen) atoms. The van der Waals surface area contributed by atoms with E-state index in [1.807, 2.05) is 41.8 Å². The second-order valence-corrected chi connectivity index (χ2v) is 8.71.